The van der Waals surface area contributed by atoms with Crippen LogP contribution in [0.2, 0.25) is 5.02 Å². The molecule has 0 radical (unpaired) electrons. The predicted octanol–water partition coefficient (Wildman–Crippen LogP) is 4.42. The van der Waals surface area contributed by atoms with Gasteiger partial charge in [0.25, 0.3) is 0 Å². The molecule has 90 valence electrons. The van der Waals surface area contributed by atoms with E-state index < -0.39 is 0 Å². The number of hydrogen-bond donors (Lipinski definition) is 0. The minimum atomic E-state index is 0.325. The van der Waals surface area contributed by atoms with E-state index in [4.69, 9.17) is 11.6 Å². The zero-order valence-corrected chi connectivity index (χ0v) is 11.0. The van der Waals surface area contributed by atoms with Crippen molar-refractivity contribution in [3.63, 3.8) is 0 Å². The summed E-state index contributed by atoms with van der Waals surface area (Å²) in [6, 6.07) is 7.25. The molecule has 0 saturated heterocycles. The lowest BCUT2D eigenvalue weighted by atomic mass is 10.1. The quantitative estimate of drug-likeness (QED) is 0.651. The zero-order valence-electron chi connectivity index (χ0n) is 9.42. The lowest BCUT2D eigenvalue weighted by Gasteiger charge is -1.98. The molecule has 18 heavy (non-hydrogen) atoms. The number of hydrogen-bond acceptors (Lipinski definition) is 4. The first-order valence-corrected chi connectivity index (χ1v) is 6.52. The molecule has 0 aliphatic carbocycles. The lowest BCUT2D eigenvalue weighted by Crippen LogP contribution is -1.82. The molecular formula is C12H8ClN3OS. The first-order valence-electron chi connectivity index (χ1n) is 5.26. The molecule has 2 aromatic heterocycles. The van der Waals surface area contributed by atoms with Crippen LogP contribution in [-0.4, -0.2) is 9.38 Å². The van der Waals surface area contributed by atoms with Crippen LogP contribution >= 0.6 is 22.9 Å². The number of imidazole rings is 1. The summed E-state index contributed by atoms with van der Waals surface area (Å²) in [6.07, 6.45) is 0. The Hall–Kier alpha value is -1.72. The molecule has 0 bridgehead atoms. The number of benzene rings is 1. The molecule has 0 saturated carbocycles. The van der Waals surface area contributed by atoms with Crippen LogP contribution in [0, 0.1) is 11.8 Å². The van der Waals surface area contributed by atoms with Gasteiger partial charge in [-0.3, -0.25) is 4.40 Å². The van der Waals surface area contributed by atoms with Crippen LogP contribution in [0.15, 0.2) is 34.8 Å². The van der Waals surface area contributed by atoms with Gasteiger partial charge >= 0.3 is 0 Å². The summed E-state index contributed by atoms with van der Waals surface area (Å²) in [5, 5.41) is 5.66. The number of nitrogens with zero attached hydrogens (tertiary/aromatic N) is 3. The molecule has 0 N–H and O–H groups in total. The number of aryl methyl sites for hydroxylation is 1. The van der Waals surface area contributed by atoms with Gasteiger partial charge in [0.15, 0.2) is 4.96 Å². The molecule has 0 aliphatic heterocycles. The molecule has 0 fully saturated rings. The SMILES string of the molecule is Cc1csc2nc(-c3cccc(Cl)c3)c(N=O)n12. The van der Waals surface area contributed by atoms with E-state index >= 15 is 0 Å². The maximum atomic E-state index is 11.1. The second-order valence-electron chi connectivity index (χ2n) is 3.88. The third-order valence-electron chi connectivity index (χ3n) is 2.69. The monoisotopic (exact) mass is 277 g/mol. The largest absolute Gasteiger partial charge is 0.269 e. The number of thiazole rings is 1. The minimum absolute atomic E-state index is 0.325. The van der Waals surface area contributed by atoms with Crippen molar-refractivity contribution in [2.24, 2.45) is 5.18 Å². The summed E-state index contributed by atoms with van der Waals surface area (Å²) in [7, 11) is 0. The highest BCUT2D eigenvalue weighted by Gasteiger charge is 2.17. The maximum Gasteiger partial charge on any atom is 0.210 e. The van der Waals surface area contributed by atoms with Crippen LogP contribution in [0.4, 0.5) is 5.82 Å². The van der Waals surface area contributed by atoms with Gasteiger partial charge in [-0.15, -0.1) is 16.2 Å². The number of aromatic nitrogens is 2. The first-order chi connectivity index (χ1) is 8.70. The fourth-order valence-corrected chi connectivity index (χ4v) is 2.94. The molecule has 3 rings (SSSR count). The summed E-state index contributed by atoms with van der Waals surface area (Å²) in [6.45, 7) is 1.92. The normalized spacial score (nSPS) is 11.0. The topological polar surface area (TPSA) is 46.7 Å². The van der Waals surface area contributed by atoms with Crippen molar-refractivity contribution >= 4 is 33.7 Å². The summed E-state index contributed by atoms with van der Waals surface area (Å²) in [5.41, 5.74) is 2.32. The Balaban J connectivity index is 2.32. The van der Waals surface area contributed by atoms with Gasteiger partial charge in [0.2, 0.25) is 5.82 Å². The lowest BCUT2D eigenvalue weighted by molar-refractivity contribution is 1.11. The standard InChI is InChI=1S/C12H8ClN3OS/c1-7-6-18-12-14-10(11(15-17)16(7)12)8-3-2-4-9(13)5-8/h2-6H,1H3. The molecule has 2 heterocycles. The molecule has 1 aromatic carbocycles. The Morgan fingerprint density at radius 2 is 2.28 bits per heavy atom. The van der Waals surface area contributed by atoms with Crippen LogP contribution < -0.4 is 0 Å². The van der Waals surface area contributed by atoms with Gasteiger partial charge in [0.1, 0.15) is 5.69 Å². The van der Waals surface area contributed by atoms with Gasteiger partial charge in [-0.1, -0.05) is 23.7 Å². The van der Waals surface area contributed by atoms with Gasteiger partial charge in [-0.05, 0) is 24.2 Å². The predicted molar refractivity (Wildman–Crippen MR) is 73.7 cm³/mol. The van der Waals surface area contributed by atoms with E-state index in [0.29, 0.717) is 16.5 Å². The van der Waals surface area contributed by atoms with Gasteiger partial charge in [0.05, 0.1) is 0 Å². The summed E-state index contributed by atoms with van der Waals surface area (Å²) < 4.78 is 1.76. The summed E-state index contributed by atoms with van der Waals surface area (Å²) in [5.74, 6) is 0.325. The van der Waals surface area contributed by atoms with Gasteiger partial charge in [-0.2, -0.15) is 0 Å². The van der Waals surface area contributed by atoms with Crippen molar-refractivity contribution in [3.05, 3.63) is 45.3 Å². The van der Waals surface area contributed by atoms with Crippen LogP contribution in [0.25, 0.3) is 16.2 Å². The van der Waals surface area contributed by atoms with E-state index in [9.17, 15) is 4.91 Å². The van der Waals surface area contributed by atoms with Crippen LogP contribution in [0.1, 0.15) is 5.69 Å². The van der Waals surface area contributed by atoms with E-state index in [0.717, 1.165) is 16.2 Å². The Kier molecular flexibility index (Phi) is 2.65. The Bertz CT molecular complexity index is 747. The van der Waals surface area contributed by atoms with E-state index in [2.05, 4.69) is 10.2 Å². The molecule has 3 aromatic rings. The average Bonchev–Trinajstić information content (AvgIpc) is 2.89. The molecule has 0 atom stereocenters. The van der Waals surface area contributed by atoms with Crippen molar-refractivity contribution < 1.29 is 0 Å². The van der Waals surface area contributed by atoms with E-state index in [1.54, 1.807) is 16.5 Å². The Morgan fingerprint density at radius 1 is 1.44 bits per heavy atom. The van der Waals surface area contributed by atoms with Gasteiger partial charge < -0.3 is 0 Å². The van der Waals surface area contributed by atoms with Crippen molar-refractivity contribution in [1.29, 1.82) is 0 Å². The second kappa shape index (κ2) is 4.19. The van der Waals surface area contributed by atoms with Gasteiger partial charge in [0, 0.05) is 21.7 Å². The minimum Gasteiger partial charge on any atom is -0.269 e. The maximum absolute atomic E-state index is 11.1. The van der Waals surface area contributed by atoms with Crippen molar-refractivity contribution in [1.82, 2.24) is 9.38 Å². The molecule has 0 unspecified atom stereocenters. The van der Waals surface area contributed by atoms with E-state index in [1.165, 1.54) is 11.3 Å². The zero-order chi connectivity index (χ0) is 12.7. The third-order valence-corrected chi connectivity index (χ3v) is 3.87. The summed E-state index contributed by atoms with van der Waals surface area (Å²) in [4.78, 5) is 16.3. The highest BCUT2D eigenvalue weighted by molar-refractivity contribution is 7.15. The Morgan fingerprint density at radius 3 is 3.00 bits per heavy atom. The molecule has 0 amide bonds. The first kappa shape index (κ1) is 11.4. The van der Waals surface area contributed by atoms with Crippen LogP contribution in [0.3, 0.4) is 0 Å². The van der Waals surface area contributed by atoms with Gasteiger partial charge in [-0.25, -0.2) is 4.98 Å². The van der Waals surface area contributed by atoms with E-state index in [1.807, 2.05) is 24.4 Å². The average molecular weight is 278 g/mol. The second-order valence-corrected chi connectivity index (χ2v) is 5.15. The van der Waals surface area contributed by atoms with Crippen LogP contribution in [0.5, 0.6) is 0 Å². The molecule has 6 heteroatoms. The highest BCUT2D eigenvalue weighted by atomic mass is 35.5. The molecule has 0 aliphatic rings. The molecule has 0 spiro atoms. The Labute approximate surface area is 112 Å². The number of halogens is 1. The smallest absolute Gasteiger partial charge is 0.210 e. The molecule has 4 nitrogen and oxygen atoms in total. The van der Waals surface area contributed by atoms with Crippen LogP contribution in [-0.2, 0) is 0 Å². The third kappa shape index (κ3) is 1.63. The van der Waals surface area contributed by atoms with Crippen molar-refractivity contribution in [2.45, 2.75) is 6.92 Å². The van der Waals surface area contributed by atoms with Crippen molar-refractivity contribution in [3.8, 4) is 11.3 Å². The fraction of sp³-hybridized carbons (Fsp3) is 0.0833. The summed E-state index contributed by atoms with van der Waals surface area (Å²) >= 11 is 7.44. The number of fused-ring (bicyclic) bond motifs is 1. The number of rotatable bonds is 2. The highest BCUT2D eigenvalue weighted by Crippen LogP contribution is 2.34. The number of nitroso groups, excluding NO2 is 1. The van der Waals surface area contributed by atoms with Crippen molar-refractivity contribution in [2.75, 3.05) is 0 Å². The van der Waals surface area contributed by atoms with E-state index in [-0.39, 0.29) is 0 Å². The fourth-order valence-electron chi connectivity index (χ4n) is 1.89. The molecular weight excluding hydrogens is 270 g/mol.